The molecule has 0 bridgehead atoms. The van der Waals surface area contributed by atoms with Crippen molar-refractivity contribution in [3.05, 3.63) is 94.4 Å². The van der Waals surface area contributed by atoms with E-state index >= 15 is 0 Å². The fraction of sp³-hybridized carbons (Fsp3) is 0.172. The monoisotopic (exact) mass is 421 g/mol. The van der Waals surface area contributed by atoms with Crippen LogP contribution in [-0.4, -0.2) is 0 Å². The molecule has 32 heavy (non-hydrogen) atoms. The van der Waals surface area contributed by atoms with Gasteiger partial charge in [0.25, 0.3) is 0 Å². The molecule has 0 radical (unpaired) electrons. The molecular weight excluding hydrogens is 392 g/mol. The number of furan rings is 1. The Morgan fingerprint density at radius 3 is 2.53 bits per heavy atom. The van der Waals surface area contributed by atoms with Gasteiger partial charge in [0, 0.05) is 33.4 Å². The molecule has 0 unspecified atom stereocenters. The third-order valence-corrected chi connectivity index (χ3v) is 6.26. The van der Waals surface area contributed by atoms with Gasteiger partial charge in [0.1, 0.15) is 18.2 Å². The average Bonchev–Trinajstić information content (AvgIpc) is 3.22. The Morgan fingerprint density at radius 2 is 1.81 bits per heavy atom. The zero-order chi connectivity index (χ0) is 25.9. The second-order valence-electron chi connectivity index (χ2n) is 8.20. The zero-order valence-corrected chi connectivity index (χ0v) is 18.5. The fourth-order valence-corrected chi connectivity index (χ4v) is 4.44. The minimum absolute atomic E-state index is 0.161. The van der Waals surface area contributed by atoms with Crippen LogP contribution < -0.4 is 4.57 Å². The van der Waals surface area contributed by atoms with Crippen LogP contribution in [0.5, 0.6) is 0 Å². The summed E-state index contributed by atoms with van der Waals surface area (Å²) in [5, 5.41) is 1.79. The summed E-state index contributed by atoms with van der Waals surface area (Å²) in [5.41, 5.74) is 7.25. The van der Waals surface area contributed by atoms with Crippen LogP contribution in [0.15, 0.2) is 65.1 Å². The minimum atomic E-state index is -2.32. The number of pyridine rings is 1. The molecule has 2 aromatic heterocycles. The molecule has 0 atom stereocenters. The van der Waals surface area contributed by atoms with Crippen molar-refractivity contribution < 1.29 is 14.5 Å². The second kappa shape index (κ2) is 7.35. The molecule has 0 fully saturated rings. The number of hydrogen-bond acceptors (Lipinski definition) is 1. The van der Waals surface area contributed by atoms with Gasteiger partial charge in [-0.15, -0.1) is 0 Å². The fourth-order valence-electron chi connectivity index (χ4n) is 4.44. The van der Waals surface area contributed by atoms with E-state index in [0.29, 0.717) is 33.8 Å². The summed E-state index contributed by atoms with van der Waals surface area (Å²) >= 11 is 0. The lowest BCUT2D eigenvalue weighted by atomic mass is 9.92. The highest BCUT2D eigenvalue weighted by Gasteiger charge is 2.25. The highest BCUT2D eigenvalue weighted by molar-refractivity contribution is 6.17. The van der Waals surface area contributed by atoms with E-state index in [1.54, 1.807) is 37.6 Å². The molecule has 0 N–H and O–H groups in total. The molecule has 2 heterocycles. The Bertz CT molecular complexity index is 1700. The Labute approximate surface area is 194 Å². The molecule has 0 aliphatic carbocycles. The van der Waals surface area contributed by atoms with Crippen LogP contribution in [0.2, 0.25) is 0 Å². The van der Waals surface area contributed by atoms with Gasteiger partial charge in [-0.1, -0.05) is 42.5 Å². The summed E-state index contributed by atoms with van der Waals surface area (Å²) < 4.78 is 41.4. The van der Waals surface area contributed by atoms with Crippen LogP contribution in [0, 0.1) is 34.2 Å². The van der Waals surface area contributed by atoms with E-state index in [1.807, 2.05) is 31.2 Å². The summed E-state index contributed by atoms with van der Waals surface area (Å²) in [6.45, 7) is 10.6. The molecule has 3 aromatic carbocycles. The highest BCUT2D eigenvalue weighted by atomic mass is 16.3. The molecule has 3 heteroatoms. The second-order valence-corrected chi connectivity index (χ2v) is 8.20. The van der Waals surface area contributed by atoms with Gasteiger partial charge < -0.3 is 4.42 Å². The average molecular weight is 422 g/mol. The number of benzene rings is 3. The maximum Gasteiger partial charge on any atom is 0.216 e. The number of rotatable bonds is 2. The lowest BCUT2D eigenvalue weighted by Gasteiger charge is -2.13. The summed E-state index contributed by atoms with van der Waals surface area (Å²) in [4.78, 5) is 3.56. The van der Waals surface area contributed by atoms with Crippen LogP contribution in [0.25, 0.3) is 49.2 Å². The normalized spacial score (nSPS) is 13.5. The Morgan fingerprint density at radius 1 is 1.03 bits per heavy atom. The van der Waals surface area contributed by atoms with Crippen molar-refractivity contribution >= 4 is 27.6 Å². The van der Waals surface area contributed by atoms with E-state index in [2.05, 4.69) is 23.0 Å². The number of aromatic nitrogens is 1. The SMILES string of the molecule is [2H]c1c(C)c(C([2H])([2H])[2H])c(C)[n+](C)c1-c1c(C)cc(-c2ccccc2)c2c1oc1cc([N+]#[C-])ccc12. The van der Waals surface area contributed by atoms with E-state index in [9.17, 15) is 0 Å². The van der Waals surface area contributed by atoms with Crippen LogP contribution in [0.3, 0.4) is 0 Å². The molecule has 0 saturated carbocycles. The van der Waals surface area contributed by atoms with Crippen molar-refractivity contribution in [1.82, 2.24) is 0 Å². The number of fused-ring (bicyclic) bond motifs is 3. The smallest absolute Gasteiger partial charge is 0.216 e. The van der Waals surface area contributed by atoms with Crippen LogP contribution in [0.4, 0.5) is 5.69 Å². The first kappa shape index (κ1) is 15.8. The maximum absolute atomic E-state index is 9.03. The molecule has 0 spiro atoms. The summed E-state index contributed by atoms with van der Waals surface area (Å²) in [6, 6.07) is 17.8. The Kier molecular flexibility index (Phi) is 3.64. The van der Waals surface area contributed by atoms with Crippen molar-refractivity contribution in [3.63, 3.8) is 0 Å². The third kappa shape index (κ3) is 2.92. The number of nitrogens with zero attached hydrogens (tertiary/aromatic N) is 2. The van der Waals surface area contributed by atoms with Crippen molar-refractivity contribution in [2.24, 2.45) is 7.05 Å². The standard InChI is InChI=1S/C29H25N2O/c1-17-15-25(31(6)20(4)19(17)3)27-18(2)14-24(21-10-8-7-9-11-21)28-23-13-12-22(30-5)16-26(23)32-29(27)28/h7-16H,1-4,6H3/q+1/i3D3,15D. The van der Waals surface area contributed by atoms with Crippen LogP contribution in [-0.2, 0) is 7.05 Å². The summed E-state index contributed by atoms with van der Waals surface area (Å²) in [7, 11) is 1.80. The molecule has 5 aromatic rings. The quantitative estimate of drug-likeness (QED) is 0.213. The van der Waals surface area contributed by atoms with Crippen molar-refractivity contribution in [1.29, 1.82) is 0 Å². The number of hydrogen-bond donors (Lipinski definition) is 0. The predicted octanol–water partition coefficient (Wildman–Crippen LogP) is 7.53. The van der Waals surface area contributed by atoms with Crippen LogP contribution in [0.1, 0.15) is 27.9 Å². The Hall–Kier alpha value is -3.90. The van der Waals surface area contributed by atoms with Gasteiger partial charge in [-0.05, 0) is 55.1 Å². The van der Waals surface area contributed by atoms with Gasteiger partial charge in [0.2, 0.25) is 5.69 Å². The van der Waals surface area contributed by atoms with E-state index in [0.717, 1.165) is 33.0 Å². The largest absolute Gasteiger partial charge is 0.456 e. The maximum atomic E-state index is 9.03. The lowest BCUT2D eigenvalue weighted by Crippen LogP contribution is -2.36. The minimum Gasteiger partial charge on any atom is -0.456 e. The zero-order valence-electron chi connectivity index (χ0n) is 22.5. The van der Waals surface area contributed by atoms with Gasteiger partial charge in [-0.25, -0.2) is 4.85 Å². The molecule has 0 aliphatic rings. The van der Waals surface area contributed by atoms with Gasteiger partial charge in [-0.3, -0.25) is 0 Å². The van der Waals surface area contributed by atoms with Crippen LogP contribution >= 0.6 is 0 Å². The van der Waals surface area contributed by atoms with Gasteiger partial charge in [0.05, 0.1) is 13.5 Å². The first-order valence-electron chi connectivity index (χ1n) is 12.5. The molecule has 5 rings (SSSR count). The highest BCUT2D eigenvalue weighted by Crippen LogP contribution is 2.43. The van der Waals surface area contributed by atoms with E-state index in [1.165, 1.54) is 0 Å². The first-order chi connectivity index (χ1) is 17.0. The van der Waals surface area contributed by atoms with E-state index in [-0.39, 0.29) is 11.6 Å². The summed E-state index contributed by atoms with van der Waals surface area (Å²) in [6.07, 6.45) is 0. The number of aryl methyl sites for hydroxylation is 1. The topological polar surface area (TPSA) is 21.4 Å². The van der Waals surface area contributed by atoms with Gasteiger partial charge in [-0.2, -0.15) is 4.57 Å². The van der Waals surface area contributed by atoms with Gasteiger partial charge >= 0.3 is 0 Å². The van der Waals surface area contributed by atoms with Crippen molar-refractivity contribution in [3.8, 4) is 22.4 Å². The molecular formula is C29H25N2O+. The Balaban J connectivity index is 1.97. The van der Waals surface area contributed by atoms with Gasteiger partial charge in [0.15, 0.2) is 11.4 Å². The van der Waals surface area contributed by atoms with Crippen molar-refractivity contribution in [2.75, 3.05) is 0 Å². The predicted molar refractivity (Wildman–Crippen MR) is 131 cm³/mol. The lowest BCUT2D eigenvalue weighted by molar-refractivity contribution is -0.667. The van der Waals surface area contributed by atoms with E-state index in [4.69, 9.17) is 16.5 Å². The molecule has 0 amide bonds. The first-order valence-corrected chi connectivity index (χ1v) is 10.5. The molecule has 156 valence electrons. The summed E-state index contributed by atoms with van der Waals surface area (Å²) in [5.74, 6) is 0. The van der Waals surface area contributed by atoms with Crippen molar-refractivity contribution in [2.45, 2.75) is 27.6 Å². The third-order valence-electron chi connectivity index (χ3n) is 6.26. The molecule has 0 aliphatic heterocycles. The molecule has 0 saturated heterocycles. The molecule has 3 nitrogen and oxygen atoms in total. The van der Waals surface area contributed by atoms with E-state index < -0.39 is 6.85 Å².